The lowest BCUT2D eigenvalue weighted by atomic mass is 9.98. The molecule has 0 amide bonds. The average molecular weight is 485 g/mol. The molecular weight excluding hydrogens is 458 g/mol. The number of nitrogens with one attached hydrogen (secondary N) is 1. The van der Waals surface area contributed by atoms with Crippen LogP contribution in [-0.4, -0.2) is 44.4 Å². The Hall–Kier alpha value is -3.01. The van der Waals surface area contributed by atoms with E-state index in [1.807, 2.05) is 18.6 Å². The predicted molar refractivity (Wildman–Crippen MR) is 128 cm³/mol. The Morgan fingerprint density at radius 1 is 1.15 bits per heavy atom. The number of nitrogens with zero attached hydrogens (tertiary/aromatic N) is 5. The van der Waals surface area contributed by atoms with Gasteiger partial charge in [-0.2, -0.15) is 9.37 Å². The van der Waals surface area contributed by atoms with Gasteiger partial charge >= 0.3 is 0 Å². The minimum Gasteiger partial charge on any atom is -0.470 e. The molecule has 2 saturated heterocycles. The molecule has 2 aromatic heterocycles. The monoisotopic (exact) mass is 484 g/mol. The van der Waals surface area contributed by atoms with E-state index in [1.54, 1.807) is 12.1 Å². The number of halogens is 2. The Balaban J connectivity index is 1.31. The standard InChI is InChI=1S/C24H26F2N6OS/c1-3-4-14-11-27-24(28-12-14)32-15-5-8-19(32)20(9-15)33-23-21(26)22(29-13-30-23)31-18-7-6-16(34-2)10-17(18)25/h6-7,10-13,15,19-20H,3-5,8-9H2,1-2H3,(H,29,30,31)/t15?,19?,20-/m0/s1. The van der Waals surface area contributed by atoms with Gasteiger partial charge in [0.25, 0.3) is 5.88 Å². The first-order chi connectivity index (χ1) is 16.6. The maximum absolute atomic E-state index is 15.2. The minimum atomic E-state index is -0.745. The van der Waals surface area contributed by atoms with Gasteiger partial charge in [-0.15, -0.1) is 11.8 Å². The molecular formula is C24H26F2N6OS. The molecule has 10 heteroatoms. The topological polar surface area (TPSA) is 76.1 Å². The van der Waals surface area contributed by atoms with Crippen molar-refractivity contribution in [3.8, 4) is 5.88 Å². The summed E-state index contributed by atoms with van der Waals surface area (Å²) in [7, 11) is 0. The SMILES string of the molecule is CCCc1cnc(N2C3CCC2[C@@H](Oc2ncnc(Nc4ccc(SC)cc4F)c2F)C3)nc1. The maximum atomic E-state index is 15.2. The second-order valence-electron chi connectivity index (χ2n) is 8.55. The number of benzene rings is 1. The fourth-order valence-corrected chi connectivity index (χ4v) is 5.21. The van der Waals surface area contributed by atoms with Crippen LogP contribution < -0.4 is 15.0 Å². The molecule has 7 nitrogen and oxygen atoms in total. The second kappa shape index (κ2) is 9.69. The summed E-state index contributed by atoms with van der Waals surface area (Å²) in [6, 6.07) is 5.00. The Bertz CT molecular complexity index is 1160. The van der Waals surface area contributed by atoms with Crippen LogP contribution in [0.3, 0.4) is 0 Å². The molecule has 2 aliphatic heterocycles. The van der Waals surface area contributed by atoms with Gasteiger partial charge in [-0.1, -0.05) is 13.3 Å². The smallest absolute Gasteiger partial charge is 0.256 e. The summed E-state index contributed by atoms with van der Waals surface area (Å²) >= 11 is 1.43. The van der Waals surface area contributed by atoms with Crippen molar-refractivity contribution in [1.29, 1.82) is 0 Å². The van der Waals surface area contributed by atoms with Gasteiger partial charge in [0.15, 0.2) is 5.82 Å². The molecule has 2 fully saturated rings. The molecule has 2 aliphatic rings. The number of rotatable bonds is 8. The molecule has 4 heterocycles. The van der Waals surface area contributed by atoms with Gasteiger partial charge in [0.05, 0.1) is 11.7 Å². The van der Waals surface area contributed by atoms with Crippen LogP contribution in [0.25, 0.3) is 0 Å². The largest absolute Gasteiger partial charge is 0.470 e. The number of hydrogen-bond donors (Lipinski definition) is 1. The molecule has 1 aromatic carbocycles. The highest BCUT2D eigenvalue weighted by molar-refractivity contribution is 7.98. The number of ether oxygens (including phenoxy) is 1. The van der Waals surface area contributed by atoms with E-state index in [1.165, 1.54) is 24.2 Å². The van der Waals surface area contributed by atoms with Crippen molar-refractivity contribution in [3.63, 3.8) is 0 Å². The molecule has 3 atom stereocenters. The Kier molecular flexibility index (Phi) is 6.49. The molecule has 34 heavy (non-hydrogen) atoms. The molecule has 1 N–H and O–H groups in total. The molecule has 0 spiro atoms. The summed E-state index contributed by atoms with van der Waals surface area (Å²) in [6.07, 6.45) is 11.3. The predicted octanol–water partition coefficient (Wildman–Crippen LogP) is 5.15. The maximum Gasteiger partial charge on any atom is 0.256 e. The van der Waals surface area contributed by atoms with Gasteiger partial charge in [0, 0.05) is 29.8 Å². The van der Waals surface area contributed by atoms with E-state index < -0.39 is 11.6 Å². The first-order valence-electron chi connectivity index (χ1n) is 11.4. The molecule has 178 valence electrons. The van der Waals surface area contributed by atoms with Gasteiger partial charge in [0.2, 0.25) is 11.8 Å². The van der Waals surface area contributed by atoms with Gasteiger partial charge < -0.3 is 15.0 Å². The zero-order valence-corrected chi connectivity index (χ0v) is 19.9. The average Bonchev–Trinajstić information content (AvgIpc) is 3.41. The number of hydrogen-bond acceptors (Lipinski definition) is 8. The second-order valence-corrected chi connectivity index (χ2v) is 9.43. The minimum absolute atomic E-state index is 0.0457. The summed E-state index contributed by atoms with van der Waals surface area (Å²) in [6.45, 7) is 2.13. The van der Waals surface area contributed by atoms with E-state index in [-0.39, 0.29) is 35.6 Å². The van der Waals surface area contributed by atoms with Crippen LogP contribution in [-0.2, 0) is 6.42 Å². The lowest BCUT2D eigenvalue weighted by Crippen LogP contribution is -2.36. The van der Waals surface area contributed by atoms with Crippen LogP contribution in [0, 0.1) is 11.6 Å². The van der Waals surface area contributed by atoms with Gasteiger partial charge in [-0.3, -0.25) is 0 Å². The van der Waals surface area contributed by atoms with E-state index in [0.717, 1.165) is 42.6 Å². The van der Waals surface area contributed by atoms with E-state index in [0.29, 0.717) is 5.95 Å². The van der Waals surface area contributed by atoms with Gasteiger partial charge in [-0.25, -0.2) is 19.3 Å². The third-order valence-corrected chi connectivity index (χ3v) is 7.12. The van der Waals surface area contributed by atoms with E-state index in [4.69, 9.17) is 4.74 Å². The number of anilines is 3. The van der Waals surface area contributed by atoms with Crippen LogP contribution in [0.5, 0.6) is 5.88 Å². The van der Waals surface area contributed by atoms with E-state index in [2.05, 4.69) is 37.1 Å². The highest BCUT2D eigenvalue weighted by Crippen LogP contribution is 2.41. The Labute approximate surface area is 201 Å². The van der Waals surface area contributed by atoms with Gasteiger partial charge in [0.1, 0.15) is 18.2 Å². The number of fused-ring (bicyclic) bond motifs is 2. The Morgan fingerprint density at radius 2 is 1.97 bits per heavy atom. The third-order valence-electron chi connectivity index (χ3n) is 6.39. The van der Waals surface area contributed by atoms with E-state index >= 15 is 4.39 Å². The zero-order chi connectivity index (χ0) is 23.7. The summed E-state index contributed by atoms with van der Waals surface area (Å²) in [5, 5.41) is 2.72. The lowest BCUT2D eigenvalue weighted by molar-refractivity contribution is 0.158. The molecule has 3 aromatic rings. The fourth-order valence-electron chi connectivity index (χ4n) is 4.79. The first-order valence-corrected chi connectivity index (χ1v) is 12.7. The summed E-state index contributed by atoms with van der Waals surface area (Å²) in [5.74, 6) is -0.814. The highest BCUT2D eigenvalue weighted by Gasteiger charge is 2.49. The molecule has 0 radical (unpaired) electrons. The van der Waals surface area contributed by atoms with Crippen LogP contribution in [0.1, 0.15) is 38.2 Å². The number of aromatic nitrogens is 4. The van der Waals surface area contributed by atoms with Crippen LogP contribution in [0.2, 0.25) is 0 Å². The van der Waals surface area contributed by atoms with Crippen LogP contribution in [0.4, 0.5) is 26.2 Å². The summed E-state index contributed by atoms with van der Waals surface area (Å²) < 4.78 is 35.6. The molecule has 5 rings (SSSR count). The van der Waals surface area contributed by atoms with Crippen molar-refractivity contribution < 1.29 is 13.5 Å². The highest BCUT2D eigenvalue weighted by atomic mass is 32.2. The van der Waals surface area contributed by atoms with Gasteiger partial charge in [-0.05, 0) is 49.3 Å². The third kappa shape index (κ3) is 4.38. The fraction of sp³-hybridized carbons (Fsp3) is 0.417. The normalized spacial score (nSPS) is 21.2. The summed E-state index contributed by atoms with van der Waals surface area (Å²) in [4.78, 5) is 20.1. The number of thioether (sulfide) groups is 1. The van der Waals surface area contributed by atoms with Crippen LogP contribution >= 0.6 is 11.8 Å². The zero-order valence-electron chi connectivity index (χ0n) is 19.0. The van der Waals surface area contributed by atoms with Crippen LogP contribution in [0.15, 0.2) is 41.8 Å². The van der Waals surface area contributed by atoms with E-state index in [9.17, 15) is 4.39 Å². The molecule has 0 aliphatic carbocycles. The van der Waals surface area contributed by atoms with Crippen molar-refractivity contribution in [2.45, 2.75) is 62.1 Å². The lowest BCUT2D eigenvalue weighted by Gasteiger charge is -2.24. The molecule has 2 unspecified atom stereocenters. The molecule has 2 bridgehead atoms. The quantitative estimate of drug-likeness (QED) is 0.440. The number of aryl methyl sites for hydroxylation is 1. The van der Waals surface area contributed by atoms with Crippen molar-refractivity contribution in [2.75, 3.05) is 16.5 Å². The summed E-state index contributed by atoms with van der Waals surface area (Å²) in [5.41, 5.74) is 1.25. The van der Waals surface area contributed by atoms with Crippen molar-refractivity contribution in [2.24, 2.45) is 0 Å². The van der Waals surface area contributed by atoms with Crippen molar-refractivity contribution >= 4 is 29.2 Å². The Morgan fingerprint density at radius 3 is 2.71 bits per heavy atom. The molecule has 0 saturated carbocycles. The first kappa shape index (κ1) is 22.8. The van der Waals surface area contributed by atoms with Crippen molar-refractivity contribution in [1.82, 2.24) is 19.9 Å². The van der Waals surface area contributed by atoms with Crippen molar-refractivity contribution in [3.05, 3.63) is 54.1 Å².